The van der Waals surface area contributed by atoms with Crippen LogP contribution in [0.3, 0.4) is 0 Å². The van der Waals surface area contributed by atoms with E-state index < -0.39 is 18.1 Å². The predicted molar refractivity (Wildman–Crippen MR) is 115 cm³/mol. The molecular weight excluding hydrogens is 457 g/mol. The zero-order valence-electron chi connectivity index (χ0n) is 18.1. The Bertz CT molecular complexity index is 1000. The highest BCUT2D eigenvalue weighted by molar-refractivity contribution is 5.97. The summed E-state index contributed by atoms with van der Waals surface area (Å²) in [6.45, 7) is 2.89. The van der Waals surface area contributed by atoms with Crippen molar-refractivity contribution in [3.63, 3.8) is 0 Å². The summed E-state index contributed by atoms with van der Waals surface area (Å²) in [6.07, 6.45) is -3.70. The number of aromatic carboxylic acids is 1. The fourth-order valence-corrected chi connectivity index (χ4v) is 3.27. The number of aliphatic carboxylic acids is 1. The first-order valence-electron chi connectivity index (χ1n) is 10.4. The quantitative estimate of drug-likeness (QED) is 0.499. The highest BCUT2D eigenvalue weighted by atomic mass is 19.4. The number of aliphatic hydroxyl groups excluding tert-OH is 1. The van der Waals surface area contributed by atoms with Crippen LogP contribution in [0.1, 0.15) is 44.7 Å². The van der Waals surface area contributed by atoms with Crippen molar-refractivity contribution in [3.8, 4) is 0 Å². The number of amides is 1. The minimum Gasteiger partial charge on any atom is -0.478 e. The van der Waals surface area contributed by atoms with Crippen molar-refractivity contribution in [2.75, 3.05) is 13.1 Å². The molecule has 11 heteroatoms. The molecule has 0 saturated carbocycles. The fraction of sp³-hybridized carbons (Fsp3) is 0.348. The molecule has 0 unspecified atom stereocenters. The van der Waals surface area contributed by atoms with Gasteiger partial charge in [-0.3, -0.25) is 9.69 Å². The number of carbonyl (C=O) groups excluding carboxylic acids is 1. The molecule has 1 amide bonds. The third-order valence-electron chi connectivity index (χ3n) is 5.12. The van der Waals surface area contributed by atoms with E-state index in [2.05, 4.69) is 16.3 Å². The molecule has 1 fully saturated rings. The lowest BCUT2D eigenvalue weighted by atomic mass is 10.0. The second kappa shape index (κ2) is 12.1. The SMILES string of the molecule is O=C(O)C(F)(F)F.O=C(O)c1cccc(C(=O)NCc2ccccc2CN2CCC(O)CC2)c1. The van der Waals surface area contributed by atoms with E-state index in [1.54, 1.807) is 12.1 Å². The Morgan fingerprint density at radius 1 is 0.941 bits per heavy atom. The lowest BCUT2D eigenvalue weighted by Crippen LogP contribution is -2.35. The number of likely N-dealkylation sites (tertiary alicyclic amines) is 1. The van der Waals surface area contributed by atoms with Crippen LogP contribution in [-0.2, 0) is 17.9 Å². The number of nitrogens with one attached hydrogen (secondary N) is 1. The minimum atomic E-state index is -5.08. The maximum atomic E-state index is 12.4. The smallest absolute Gasteiger partial charge is 0.478 e. The average molecular weight is 482 g/mol. The molecule has 0 aromatic heterocycles. The van der Waals surface area contributed by atoms with Crippen LogP contribution in [0.4, 0.5) is 13.2 Å². The number of carbonyl (C=O) groups is 3. The third kappa shape index (κ3) is 8.49. The number of piperidine rings is 1. The first-order valence-corrected chi connectivity index (χ1v) is 10.4. The van der Waals surface area contributed by atoms with Crippen molar-refractivity contribution < 1.29 is 42.9 Å². The van der Waals surface area contributed by atoms with Crippen LogP contribution in [0, 0.1) is 0 Å². The van der Waals surface area contributed by atoms with E-state index in [0.717, 1.165) is 43.6 Å². The van der Waals surface area contributed by atoms with E-state index in [9.17, 15) is 27.9 Å². The number of carboxylic acid groups (broad SMARTS) is 2. The number of benzene rings is 2. The fourth-order valence-electron chi connectivity index (χ4n) is 3.27. The van der Waals surface area contributed by atoms with Crippen molar-refractivity contribution in [3.05, 3.63) is 70.8 Å². The number of hydrogen-bond donors (Lipinski definition) is 4. The highest BCUT2D eigenvalue weighted by Gasteiger charge is 2.38. The monoisotopic (exact) mass is 482 g/mol. The number of rotatable bonds is 6. The summed E-state index contributed by atoms with van der Waals surface area (Å²) < 4.78 is 31.7. The number of alkyl halides is 3. The molecule has 3 rings (SSSR count). The first kappa shape index (κ1) is 26.8. The Hall–Kier alpha value is -3.44. The number of hydrogen-bond acceptors (Lipinski definition) is 5. The van der Waals surface area contributed by atoms with E-state index in [-0.39, 0.29) is 17.6 Å². The molecule has 4 N–H and O–H groups in total. The molecular formula is C23H25F3N2O6. The van der Waals surface area contributed by atoms with Gasteiger partial charge in [0.25, 0.3) is 5.91 Å². The summed E-state index contributed by atoms with van der Waals surface area (Å²) in [5.74, 6) is -4.11. The van der Waals surface area contributed by atoms with Crippen molar-refractivity contribution in [2.45, 2.75) is 38.2 Å². The summed E-state index contributed by atoms with van der Waals surface area (Å²) >= 11 is 0. The molecule has 1 saturated heterocycles. The third-order valence-corrected chi connectivity index (χ3v) is 5.12. The summed E-state index contributed by atoms with van der Waals surface area (Å²) in [6, 6.07) is 14.0. The molecule has 1 aliphatic rings. The molecule has 2 aromatic rings. The Labute approximate surface area is 193 Å². The van der Waals surface area contributed by atoms with Gasteiger partial charge in [0.05, 0.1) is 11.7 Å². The molecule has 8 nitrogen and oxygen atoms in total. The van der Waals surface area contributed by atoms with Gasteiger partial charge < -0.3 is 20.6 Å². The molecule has 1 aliphatic heterocycles. The Balaban J connectivity index is 0.000000509. The van der Waals surface area contributed by atoms with E-state index in [0.29, 0.717) is 12.1 Å². The van der Waals surface area contributed by atoms with Gasteiger partial charge in [-0.15, -0.1) is 0 Å². The number of aliphatic hydroxyl groups is 1. The summed E-state index contributed by atoms with van der Waals surface area (Å²) in [5.41, 5.74) is 2.60. The van der Waals surface area contributed by atoms with Gasteiger partial charge in [0.15, 0.2) is 0 Å². The second-order valence-electron chi connectivity index (χ2n) is 7.65. The lowest BCUT2D eigenvalue weighted by molar-refractivity contribution is -0.192. The van der Waals surface area contributed by atoms with Crippen LogP contribution >= 0.6 is 0 Å². The summed E-state index contributed by atoms with van der Waals surface area (Å²) in [7, 11) is 0. The zero-order valence-corrected chi connectivity index (χ0v) is 18.1. The molecule has 0 bridgehead atoms. The van der Waals surface area contributed by atoms with Crippen LogP contribution < -0.4 is 5.32 Å². The van der Waals surface area contributed by atoms with Gasteiger partial charge in [-0.1, -0.05) is 30.3 Å². The van der Waals surface area contributed by atoms with E-state index in [1.807, 2.05) is 18.2 Å². The summed E-state index contributed by atoms with van der Waals surface area (Å²) in [4.78, 5) is 34.7. The maximum absolute atomic E-state index is 12.4. The Kier molecular flexibility index (Phi) is 9.58. The molecule has 0 aliphatic carbocycles. The molecule has 184 valence electrons. The van der Waals surface area contributed by atoms with Crippen LogP contribution in [0.15, 0.2) is 48.5 Å². The maximum Gasteiger partial charge on any atom is 0.490 e. The molecule has 1 heterocycles. The van der Waals surface area contributed by atoms with Crippen molar-refractivity contribution in [1.82, 2.24) is 10.2 Å². The number of carboxylic acids is 2. The van der Waals surface area contributed by atoms with Crippen molar-refractivity contribution in [2.24, 2.45) is 0 Å². The van der Waals surface area contributed by atoms with Gasteiger partial charge in [0, 0.05) is 31.7 Å². The van der Waals surface area contributed by atoms with Gasteiger partial charge >= 0.3 is 18.1 Å². The first-order chi connectivity index (χ1) is 16.0. The molecule has 34 heavy (non-hydrogen) atoms. The second-order valence-corrected chi connectivity index (χ2v) is 7.65. The van der Waals surface area contributed by atoms with Gasteiger partial charge in [-0.2, -0.15) is 13.2 Å². The molecule has 0 radical (unpaired) electrons. The average Bonchev–Trinajstić information content (AvgIpc) is 2.79. The normalized spacial score (nSPS) is 14.6. The lowest BCUT2D eigenvalue weighted by Gasteiger charge is -2.30. The Morgan fingerprint density at radius 3 is 2.06 bits per heavy atom. The van der Waals surface area contributed by atoms with Gasteiger partial charge in [0.1, 0.15) is 0 Å². The topological polar surface area (TPSA) is 127 Å². The van der Waals surface area contributed by atoms with Crippen LogP contribution in [-0.4, -0.2) is 63.4 Å². The van der Waals surface area contributed by atoms with Gasteiger partial charge in [0.2, 0.25) is 0 Å². The van der Waals surface area contributed by atoms with E-state index in [4.69, 9.17) is 15.0 Å². The van der Waals surface area contributed by atoms with Crippen molar-refractivity contribution >= 4 is 17.8 Å². The molecule has 0 spiro atoms. The zero-order chi connectivity index (χ0) is 25.3. The number of halogens is 3. The van der Waals surface area contributed by atoms with Gasteiger partial charge in [-0.05, 0) is 42.2 Å². The largest absolute Gasteiger partial charge is 0.490 e. The summed E-state index contributed by atoms with van der Waals surface area (Å²) in [5, 5.41) is 28.7. The van der Waals surface area contributed by atoms with Gasteiger partial charge in [-0.25, -0.2) is 9.59 Å². The standard InChI is InChI=1S/C21H24N2O4.C2HF3O2/c24-19-8-10-23(11-9-19)14-18-5-2-1-4-17(18)13-22-20(25)15-6-3-7-16(12-15)21(26)27;3-2(4,5)1(6)7/h1-7,12,19,24H,8-11,13-14H2,(H,22,25)(H,26,27);(H,6,7). The Morgan fingerprint density at radius 2 is 1.50 bits per heavy atom. The predicted octanol–water partition coefficient (Wildman–Crippen LogP) is 2.90. The van der Waals surface area contributed by atoms with Crippen LogP contribution in [0.25, 0.3) is 0 Å². The molecule has 0 atom stereocenters. The van der Waals surface area contributed by atoms with E-state index in [1.165, 1.54) is 12.1 Å². The number of nitrogens with zero attached hydrogens (tertiary/aromatic N) is 1. The van der Waals surface area contributed by atoms with Crippen LogP contribution in [0.2, 0.25) is 0 Å². The van der Waals surface area contributed by atoms with Crippen LogP contribution in [0.5, 0.6) is 0 Å². The van der Waals surface area contributed by atoms with Crippen molar-refractivity contribution in [1.29, 1.82) is 0 Å². The van der Waals surface area contributed by atoms with E-state index >= 15 is 0 Å². The molecule has 2 aromatic carbocycles. The highest BCUT2D eigenvalue weighted by Crippen LogP contribution is 2.17. The minimum absolute atomic E-state index is 0.0929.